The van der Waals surface area contributed by atoms with Crippen LogP contribution in [0.5, 0.6) is 0 Å². The van der Waals surface area contributed by atoms with Crippen LogP contribution in [0.3, 0.4) is 0 Å². The molecule has 106 valence electrons. The molecule has 0 spiro atoms. The third-order valence-corrected chi connectivity index (χ3v) is 4.60. The molecule has 0 aromatic heterocycles. The number of carbonyl (C=O) groups excluding carboxylic acids is 2. The van der Waals surface area contributed by atoms with Crippen molar-refractivity contribution in [1.82, 2.24) is 4.90 Å². The van der Waals surface area contributed by atoms with Gasteiger partial charge in [0.15, 0.2) is 0 Å². The topological polar surface area (TPSA) is 63.4 Å². The number of hydrogen-bond acceptors (Lipinski definition) is 3. The molecule has 0 radical (unpaired) electrons. The summed E-state index contributed by atoms with van der Waals surface area (Å²) < 4.78 is 0. The standard InChI is InChI=1S/C16H20N2O2/c17-9-11-5-1-2-6-12(11)10-18-15(19)13-7-3-4-8-14(13)16(18)20/h1-2,5-6,13-14H,3-4,7-10,17H2. The van der Waals surface area contributed by atoms with Crippen LogP contribution in [0.4, 0.5) is 0 Å². The number of rotatable bonds is 3. The second-order valence-electron chi connectivity index (χ2n) is 5.73. The average Bonchev–Trinajstić information content (AvgIpc) is 2.73. The quantitative estimate of drug-likeness (QED) is 0.854. The van der Waals surface area contributed by atoms with E-state index in [-0.39, 0.29) is 23.7 Å². The highest BCUT2D eigenvalue weighted by Crippen LogP contribution is 2.38. The van der Waals surface area contributed by atoms with Gasteiger partial charge in [-0.1, -0.05) is 37.1 Å². The summed E-state index contributed by atoms with van der Waals surface area (Å²) in [5, 5.41) is 0. The van der Waals surface area contributed by atoms with E-state index in [1.54, 1.807) is 0 Å². The minimum absolute atomic E-state index is 0.0199. The number of carbonyl (C=O) groups is 2. The van der Waals surface area contributed by atoms with Gasteiger partial charge in [-0.2, -0.15) is 0 Å². The number of nitrogens with two attached hydrogens (primary N) is 1. The summed E-state index contributed by atoms with van der Waals surface area (Å²) in [5.74, 6) is -0.0966. The fraction of sp³-hybridized carbons (Fsp3) is 0.500. The molecular weight excluding hydrogens is 252 g/mol. The molecule has 1 saturated heterocycles. The van der Waals surface area contributed by atoms with Crippen molar-refractivity contribution in [3.05, 3.63) is 35.4 Å². The predicted molar refractivity (Wildman–Crippen MR) is 75.3 cm³/mol. The second-order valence-corrected chi connectivity index (χ2v) is 5.73. The first-order chi connectivity index (χ1) is 9.72. The molecule has 1 aliphatic heterocycles. The monoisotopic (exact) mass is 272 g/mol. The average molecular weight is 272 g/mol. The Morgan fingerprint density at radius 1 is 1.00 bits per heavy atom. The number of nitrogens with zero attached hydrogens (tertiary/aromatic N) is 1. The molecule has 4 heteroatoms. The van der Waals surface area contributed by atoms with Crippen LogP contribution in [0, 0.1) is 11.8 Å². The summed E-state index contributed by atoms with van der Waals surface area (Å²) in [6.45, 7) is 0.803. The number of likely N-dealkylation sites (tertiary alicyclic amines) is 1. The van der Waals surface area contributed by atoms with Gasteiger partial charge in [-0.25, -0.2) is 0 Å². The third-order valence-electron chi connectivity index (χ3n) is 4.60. The SMILES string of the molecule is NCc1ccccc1CN1C(=O)C2CCCCC2C1=O. The van der Waals surface area contributed by atoms with Crippen LogP contribution < -0.4 is 5.73 Å². The Morgan fingerprint density at radius 2 is 1.55 bits per heavy atom. The van der Waals surface area contributed by atoms with Gasteiger partial charge in [0.05, 0.1) is 18.4 Å². The summed E-state index contributed by atoms with van der Waals surface area (Å²) in [6, 6.07) is 7.75. The molecular formula is C16H20N2O2. The maximum atomic E-state index is 12.4. The lowest BCUT2D eigenvalue weighted by atomic mass is 9.81. The van der Waals surface area contributed by atoms with E-state index in [2.05, 4.69) is 0 Å². The lowest BCUT2D eigenvalue weighted by Crippen LogP contribution is -2.31. The van der Waals surface area contributed by atoms with E-state index >= 15 is 0 Å². The van der Waals surface area contributed by atoms with Crippen molar-refractivity contribution in [2.24, 2.45) is 17.6 Å². The van der Waals surface area contributed by atoms with Crippen molar-refractivity contribution in [2.45, 2.75) is 38.8 Å². The lowest BCUT2D eigenvalue weighted by molar-refractivity contribution is -0.140. The highest BCUT2D eigenvalue weighted by Gasteiger charge is 2.47. The summed E-state index contributed by atoms with van der Waals surface area (Å²) in [5.41, 5.74) is 7.71. The molecule has 3 rings (SSSR count). The molecule has 2 atom stereocenters. The van der Waals surface area contributed by atoms with Crippen LogP contribution in [0.25, 0.3) is 0 Å². The van der Waals surface area contributed by atoms with Crippen molar-refractivity contribution in [1.29, 1.82) is 0 Å². The van der Waals surface area contributed by atoms with Gasteiger partial charge in [0.2, 0.25) is 11.8 Å². The Hall–Kier alpha value is -1.68. The van der Waals surface area contributed by atoms with Gasteiger partial charge in [-0.15, -0.1) is 0 Å². The maximum absolute atomic E-state index is 12.4. The fourth-order valence-electron chi connectivity index (χ4n) is 3.47. The molecule has 2 N–H and O–H groups in total. The van der Waals surface area contributed by atoms with Crippen LogP contribution in [0.1, 0.15) is 36.8 Å². The Balaban J connectivity index is 1.83. The number of benzene rings is 1. The van der Waals surface area contributed by atoms with Crippen molar-refractivity contribution in [2.75, 3.05) is 0 Å². The van der Waals surface area contributed by atoms with E-state index < -0.39 is 0 Å². The van der Waals surface area contributed by atoms with E-state index in [0.717, 1.165) is 36.8 Å². The molecule has 2 unspecified atom stereocenters. The predicted octanol–water partition coefficient (Wildman–Crippen LogP) is 1.82. The van der Waals surface area contributed by atoms with Gasteiger partial charge in [0.25, 0.3) is 0 Å². The van der Waals surface area contributed by atoms with Crippen LogP contribution in [0.15, 0.2) is 24.3 Å². The number of hydrogen-bond donors (Lipinski definition) is 1. The fourth-order valence-corrected chi connectivity index (χ4v) is 3.47. The van der Waals surface area contributed by atoms with Crippen LogP contribution in [-0.4, -0.2) is 16.7 Å². The highest BCUT2D eigenvalue weighted by atomic mass is 16.2. The first kappa shape index (κ1) is 13.3. The summed E-state index contributed by atoms with van der Waals surface area (Å²) in [6.07, 6.45) is 3.86. The Bertz CT molecular complexity index is 517. The van der Waals surface area contributed by atoms with Crippen LogP contribution in [-0.2, 0) is 22.7 Å². The van der Waals surface area contributed by atoms with E-state index in [0.29, 0.717) is 13.1 Å². The smallest absolute Gasteiger partial charge is 0.233 e. The first-order valence-corrected chi connectivity index (χ1v) is 7.34. The van der Waals surface area contributed by atoms with E-state index in [4.69, 9.17) is 5.73 Å². The van der Waals surface area contributed by atoms with Gasteiger partial charge in [-0.05, 0) is 24.0 Å². The Kier molecular flexibility index (Phi) is 3.57. The molecule has 1 aromatic rings. The lowest BCUT2D eigenvalue weighted by Gasteiger charge is -2.19. The minimum Gasteiger partial charge on any atom is -0.326 e. The number of fused-ring (bicyclic) bond motifs is 1. The van der Waals surface area contributed by atoms with E-state index in [1.165, 1.54) is 4.90 Å². The summed E-state index contributed by atoms with van der Waals surface area (Å²) in [4.78, 5) is 26.3. The molecule has 2 fully saturated rings. The molecule has 2 amide bonds. The molecule has 1 aliphatic carbocycles. The second kappa shape index (κ2) is 5.37. The molecule has 0 bridgehead atoms. The molecule has 1 saturated carbocycles. The Labute approximate surface area is 118 Å². The van der Waals surface area contributed by atoms with Crippen molar-refractivity contribution in [3.8, 4) is 0 Å². The minimum atomic E-state index is -0.0683. The van der Waals surface area contributed by atoms with Gasteiger partial charge < -0.3 is 5.73 Å². The van der Waals surface area contributed by atoms with Gasteiger partial charge in [0.1, 0.15) is 0 Å². The molecule has 2 aliphatic rings. The van der Waals surface area contributed by atoms with E-state index in [9.17, 15) is 9.59 Å². The third kappa shape index (κ3) is 2.14. The maximum Gasteiger partial charge on any atom is 0.233 e. The molecule has 20 heavy (non-hydrogen) atoms. The van der Waals surface area contributed by atoms with Gasteiger partial charge in [-0.3, -0.25) is 14.5 Å². The zero-order valence-electron chi connectivity index (χ0n) is 11.5. The normalized spacial score (nSPS) is 25.9. The first-order valence-electron chi connectivity index (χ1n) is 7.34. The molecule has 1 heterocycles. The number of amides is 2. The van der Waals surface area contributed by atoms with Gasteiger partial charge >= 0.3 is 0 Å². The van der Waals surface area contributed by atoms with Crippen LogP contribution in [0.2, 0.25) is 0 Å². The highest BCUT2D eigenvalue weighted by molar-refractivity contribution is 6.05. The summed E-state index contributed by atoms with van der Waals surface area (Å²) in [7, 11) is 0. The summed E-state index contributed by atoms with van der Waals surface area (Å²) >= 11 is 0. The Morgan fingerprint density at radius 3 is 2.10 bits per heavy atom. The molecule has 4 nitrogen and oxygen atoms in total. The van der Waals surface area contributed by atoms with Crippen molar-refractivity contribution < 1.29 is 9.59 Å². The van der Waals surface area contributed by atoms with Crippen LogP contribution >= 0.6 is 0 Å². The largest absolute Gasteiger partial charge is 0.326 e. The zero-order valence-corrected chi connectivity index (χ0v) is 11.5. The zero-order chi connectivity index (χ0) is 14.1. The number of imide groups is 1. The van der Waals surface area contributed by atoms with Gasteiger partial charge in [0, 0.05) is 6.54 Å². The van der Waals surface area contributed by atoms with Crippen molar-refractivity contribution in [3.63, 3.8) is 0 Å². The van der Waals surface area contributed by atoms with Crippen molar-refractivity contribution >= 4 is 11.8 Å². The molecule has 1 aromatic carbocycles. The van der Waals surface area contributed by atoms with E-state index in [1.807, 2.05) is 24.3 Å².